The Morgan fingerprint density at radius 3 is 2.36 bits per heavy atom. The summed E-state index contributed by atoms with van der Waals surface area (Å²) in [4.78, 5) is 9.48. The third-order valence-corrected chi connectivity index (χ3v) is 2.56. The van der Waals surface area contributed by atoms with Gasteiger partial charge in [0, 0.05) is 0 Å². The fraction of sp³-hybridized carbons (Fsp3) is 1.00. The summed E-state index contributed by atoms with van der Waals surface area (Å²) in [5.41, 5.74) is 0. The van der Waals surface area contributed by atoms with Gasteiger partial charge in [-0.1, -0.05) is 19.8 Å². The molecule has 0 amide bonds. The molecule has 1 rings (SSSR count). The minimum absolute atomic E-state index is 0.742. The Kier molecular flexibility index (Phi) is 3.87. The molecule has 1 aliphatic carbocycles. The van der Waals surface area contributed by atoms with Crippen LogP contribution < -0.4 is 0 Å². The third kappa shape index (κ3) is 3.21. The van der Waals surface area contributed by atoms with Crippen LogP contribution in [0.5, 0.6) is 0 Å². The number of rotatable bonds is 3. The highest BCUT2D eigenvalue weighted by Crippen LogP contribution is 2.28. The molecule has 0 heterocycles. The van der Waals surface area contributed by atoms with Crippen molar-refractivity contribution in [2.24, 2.45) is 11.8 Å². The minimum atomic E-state index is 0.742. The summed E-state index contributed by atoms with van der Waals surface area (Å²) in [6, 6.07) is 0. The van der Waals surface area contributed by atoms with E-state index >= 15 is 0 Å². The molecule has 66 valence electrons. The van der Waals surface area contributed by atoms with E-state index in [4.69, 9.17) is 4.89 Å². The highest BCUT2D eigenvalue weighted by atomic mass is 17.2. The first kappa shape index (κ1) is 9.01. The molecule has 0 aromatic carbocycles. The van der Waals surface area contributed by atoms with E-state index in [0.29, 0.717) is 0 Å². The lowest BCUT2D eigenvalue weighted by atomic mass is 9.83. The first-order valence-corrected chi connectivity index (χ1v) is 4.48. The van der Waals surface area contributed by atoms with Crippen LogP contribution >= 0.6 is 0 Å². The molecule has 0 aliphatic heterocycles. The van der Waals surface area contributed by atoms with Crippen molar-refractivity contribution < 1.29 is 9.78 Å². The maximum absolute atomic E-state index is 4.91. The molecule has 0 aromatic heterocycles. The lowest BCUT2D eigenvalue weighted by Gasteiger charge is -2.24. The van der Waals surface area contributed by atoms with Gasteiger partial charge in [-0.25, -0.2) is 9.78 Å². The first-order valence-electron chi connectivity index (χ1n) is 4.48. The lowest BCUT2D eigenvalue weighted by molar-refractivity contribution is -0.281. The molecular weight excluding hydrogens is 140 g/mol. The zero-order valence-electron chi connectivity index (χ0n) is 7.51. The Morgan fingerprint density at radius 1 is 1.18 bits per heavy atom. The highest BCUT2D eigenvalue weighted by molar-refractivity contribution is 4.68. The number of hydrogen-bond acceptors (Lipinski definition) is 2. The predicted octanol–water partition coefficient (Wildman–Crippen LogP) is 2.39. The Hall–Kier alpha value is -0.0800. The predicted molar refractivity (Wildman–Crippen MR) is 44.1 cm³/mol. The smallest absolute Gasteiger partial charge is 0.0850 e. The van der Waals surface area contributed by atoms with E-state index in [1.165, 1.54) is 25.7 Å². The van der Waals surface area contributed by atoms with Crippen LogP contribution in [0.4, 0.5) is 0 Å². The Morgan fingerprint density at radius 2 is 1.82 bits per heavy atom. The van der Waals surface area contributed by atoms with Gasteiger partial charge in [0.15, 0.2) is 0 Å². The van der Waals surface area contributed by atoms with E-state index in [0.717, 1.165) is 18.4 Å². The summed E-state index contributed by atoms with van der Waals surface area (Å²) < 4.78 is 0. The van der Waals surface area contributed by atoms with Crippen molar-refractivity contribution in [2.75, 3.05) is 13.7 Å². The van der Waals surface area contributed by atoms with E-state index in [2.05, 4.69) is 11.8 Å². The average Bonchev–Trinajstić information content (AvgIpc) is 2.04. The quantitative estimate of drug-likeness (QED) is 0.464. The van der Waals surface area contributed by atoms with E-state index in [1.807, 2.05) is 0 Å². The third-order valence-electron chi connectivity index (χ3n) is 2.56. The van der Waals surface area contributed by atoms with Crippen LogP contribution in [0.25, 0.3) is 0 Å². The standard InChI is InChI=1S/C9H18O2/c1-8-3-5-9(6-4-8)7-11-10-2/h8-9H,3-7H2,1-2H3. The summed E-state index contributed by atoms with van der Waals surface area (Å²) in [7, 11) is 1.57. The molecule has 0 aromatic rings. The molecule has 0 radical (unpaired) electrons. The van der Waals surface area contributed by atoms with Gasteiger partial charge in [0.05, 0.1) is 13.7 Å². The maximum Gasteiger partial charge on any atom is 0.0850 e. The largest absolute Gasteiger partial charge is 0.240 e. The molecule has 0 saturated heterocycles. The van der Waals surface area contributed by atoms with Gasteiger partial charge >= 0.3 is 0 Å². The SMILES string of the molecule is COOCC1CCC(C)CC1. The van der Waals surface area contributed by atoms with Crippen molar-refractivity contribution >= 4 is 0 Å². The van der Waals surface area contributed by atoms with Gasteiger partial charge < -0.3 is 0 Å². The molecule has 0 unspecified atom stereocenters. The summed E-state index contributed by atoms with van der Waals surface area (Å²) in [5.74, 6) is 1.67. The zero-order chi connectivity index (χ0) is 8.10. The van der Waals surface area contributed by atoms with Crippen molar-refractivity contribution in [1.82, 2.24) is 0 Å². The van der Waals surface area contributed by atoms with Crippen molar-refractivity contribution in [1.29, 1.82) is 0 Å². The second-order valence-electron chi connectivity index (χ2n) is 3.58. The molecule has 11 heavy (non-hydrogen) atoms. The van der Waals surface area contributed by atoms with Crippen LogP contribution in [0, 0.1) is 11.8 Å². The summed E-state index contributed by atoms with van der Waals surface area (Å²) in [6.45, 7) is 3.11. The van der Waals surface area contributed by atoms with E-state index in [-0.39, 0.29) is 0 Å². The average molecular weight is 158 g/mol. The Balaban J connectivity index is 2.07. The monoisotopic (exact) mass is 158 g/mol. The fourth-order valence-electron chi connectivity index (χ4n) is 1.66. The van der Waals surface area contributed by atoms with Crippen LogP contribution in [0.2, 0.25) is 0 Å². The normalized spacial score (nSPS) is 32.2. The van der Waals surface area contributed by atoms with Crippen molar-refractivity contribution in [3.05, 3.63) is 0 Å². The van der Waals surface area contributed by atoms with E-state index in [1.54, 1.807) is 7.11 Å². The number of hydrogen-bond donors (Lipinski definition) is 0. The van der Waals surface area contributed by atoms with Crippen molar-refractivity contribution in [3.8, 4) is 0 Å². The van der Waals surface area contributed by atoms with E-state index < -0.39 is 0 Å². The molecule has 1 saturated carbocycles. The van der Waals surface area contributed by atoms with Crippen molar-refractivity contribution in [2.45, 2.75) is 32.6 Å². The molecule has 1 fully saturated rings. The summed E-state index contributed by atoms with van der Waals surface area (Å²) >= 11 is 0. The van der Waals surface area contributed by atoms with E-state index in [9.17, 15) is 0 Å². The molecule has 0 bridgehead atoms. The molecule has 1 aliphatic rings. The van der Waals surface area contributed by atoms with Gasteiger partial charge in [-0.15, -0.1) is 0 Å². The Bertz CT molecular complexity index is 93.0. The first-order chi connectivity index (χ1) is 5.33. The van der Waals surface area contributed by atoms with Crippen LogP contribution in [-0.4, -0.2) is 13.7 Å². The lowest BCUT2D eigenvalue weighted by Crippen LogP contribution is -2.16. The second kappa shape index (κ2) is 4.73. The minimum Gasteiger partial charge on any atom is -0.240 e. The van der Waals surface area contributed by atoms with Crippen LogP contribution in [0.3, 0.4) is 0 Å². The van der Waals surface area contributed by atoms with Gasteiger partial charge in [-0.05, 0) is 24.7 Å². The van der Waals surface area contributed by atoms with Gasteiger partial charge in [-0.2, -0.15) is 0 Å². The van der Waals surface area contributed by atoms with Gasteiger partial charge in [0.1, 0.15) is 0 Å². The molecular formula is C9H18O2. The Labute approximate surface area is 68.8 Å². The van der Waals surface area contributed by atoms with Crippen LogP contribution in [0.15, 0.2) is 0 Å². The van der Waals surface area contributed by atoms with Crippen molar-refractivity contribution in [3.63, 3.8) is 0 Å². The van der Waals surface area contributed by atoms with Gasteiger partial charge in [0.2, 0.25) is 0 Å². The van der Waals surface area contributed by atoms with Gasteiger partial charge in [0.25, 0.3) is 0 Å². The highest BCUT2D eigenvalue weighted by Gasteiger charge is 2.18. The zero-order valence-corrected chi connectivity index (χ0v) is 7.51. The van der Waals surface area contributed by atoms with Gasteiger partial charge in [-0.3, -0.25) is 0 Å². The molecule has 0 atom stereocenters. The molecule has 0 spiro atoms. The van der Waals surface area contributed by atoms with Crippen LogP contribution in [0.1, 0.15) is 32.6 Å². The maximum atomic E-state index is 4.91. The molecule has 2 nitrogen and oxygen atoms in total. The summed E-state index contributed by atoms with van der Waals surface area (Å²) in [6.07, 6.45) is 5.34. The summed E-state index contributed by atoms with van der Waals surface area (Å²) in [5, 5.41) is 0. The fourth-order valence-corrected chi connectivity index (χ4v) is 1.66. The van der Waals surface area contributed by atoms with Crippen LogP contribution in [-0.2, 0) is 9.78 Å². The topological polar surface area (TPSA) is 18.5 Å². The molecule has 2 heteroatoms. The second-order valence-corrected chi connectivity index (χ2v) is 3.58. The molecule has 0 N–H and O–H groups in total.